The van der Waals surface area contributed by atoms with E-state index < -0.39 is 15.8 Å². The molecule has 110 valence electrons. The molecule has 1 heterocycles. The first-order valence-corrected chi connectivity index (χ1v) is 8.42. The Bertz CT molecular complexity index is 806. The van der Waals surface area contributed by atoms with Gasteiger partial charge in [-0.15, -0.1) is 0 Å². The molecule has 0 fully saturated rings. The van der Waals surface area contributed by atoms with Crippen LogP contribution in [0.25, 0.3) is 0 Å². The van der Waals surface area contributed by atoms with E-state index in [1.807, 2.05) is 0 Å². The molecule has 0 atom stereocenters. The molecule has 6 nitrogen and oxygen atoms in total. The maximum atomic E-state index is 11.7. The van der Waals surface area contributed by atoms with Crippen molar-refractivity contribution in [1.29, 1.82) is 0 Å². The van der Waals surface area contributed by atoms with Crippen molar-refractivity contribution in [2.24, 2.45) is 0 Å². The second kappa shape index (κ2) is 5.82. The summed E-state index contributed by atoms with van der Waals surface area (Å²) in [7, 11) is -3.42. The number of aromatic nitrogens is 1. The predicted molar refractivity (Wildman–Crippen MR) is 81.7 cm³/mol. The third kappa shape index (κ3) is 3.59. The molecule has 0 saturated carbocycles. The quantitative estimate of drug-likeness (QED) is 0.858. The maximum Gasteiger partial charge on any atom is 0.335 e. The van der Waals surface area contributed by atoms with E-state index in [0.717, 1.165) is 6.26 Å². The Balaban J connectivity index is 2.42. The molecular formula is C13H11BrN2O4S. The Kier molecular flexibility index (Phi) is 4.29. The summed E-state index contributed by atoms with van der Waals surface area (Å²) in [6.45, 7) is 0. The standard InChI is InChI=1S/C13H11BrN2O4S/c1-21(19,20)11-3-2-6-15-12(11)16-10-5-4-8(13(17)18)7-9(10)14/h2-7H,1H3,(H,15,16)(H,17,18). The van der Waals surface area contributed by atoms with Crippen molar-refractivity contribution < 1.29 is 18.3 Å². The van der Waals surface area contributed by atoms with Crippen LogP contribution >= 0.6 is 15.9 Å². The first kappa shape index (κ1) is 15.5. The molecule has 1 aromatic carbocycles. The first-order chi connectivity index (χ1) is 9.79. The summed E-state index contributed by atoms with van der Waals surface area (Å²) in [6.07, 6.45) is 2.56. The molecule has 0 saturated heterocycles. The average molecular weight is 371 g/mol. The van der Waals surface area contributed by atoms with Gasteiger partial charge in [0, 0.05) is 16.9 Å². The summed E-state index contributed by atoms with van der Waals surface area (Å²) >= 11 is 3.24. The molecule has 0 amide bonds. The van der Waals surface area contributed by atoms with Crippen LogP contribution < -0.4 is 5.32 Å². The van der Waals surface area contributed by atoms with Crippen LogP contribution in [0.15, 0.2) is 45.9 Å². The number of anilines is 2. The van der Waals surface area contributed by atoms with E-state index in [0.29, 0.717) is 10.2 Å². The van der Waals surface area contributed by atoms with E-state index in [-0.39, 0.29) is 16.3 Å². The smallest absolute Gasteiger partial charge is 0.335 e. The highest BCUT2D eigenvalue weighted by Crippen LogP contribution is 2.28. The number of hydrogen-bond donors (Lipinski definition) is 2. The number of halogens is 1. The fourth-order valence-electron chi connectivity index (χ4n) is 1.66. The Morgan fingerprint density at radius 2 is 2.05 bits per heavy atom. The average Bonchev–Trinajstić information content (AvgIpc) is 2.40. The summed E-state index contributed by atoms with van der Waals surface area (Å²) in [6, 6.07) is 7.36. The Labute approximate surface area is 129 Å². The number of benzene rings is 1. The lowest BCUT2D eigenvalue weighted by molar-refractivity contribution is 0.0697. The van der Waals surface area contributed by atoms with E-state index >= 15 is 0 Å². The highest BCUT2D eigenvalue weighted by Gasteiger charge is 2.15. The molecule has 0 aliphatic carbocycles. The third-order valence-corrected chi connectivity index (χ3v) is 4.42. The fraction of sp³-hybridized carbons (Fsp3) is 0.0769. The number of hydrogen-bond acceptors (Lipinski definition) is 5. The molecule has 2 aromatic rings. The Morgan fingerprint density at radius 1 is 1.33 bits per heavy atom. The largest absolute Gasteiger partial charge is 0.478 e. The van der Waals surface area contributed by atoms with Gasteiger partial charge in [-0.2, -0.15) is 0 Å². The number of rotatable bonds is 4. The minimum absolute atomic E-state index is 0.0687. The third-order valence-electron chi connectivity index (χ3n) is 2.64. The van der Waals surface area contributed by atoms with E-state index in [1.165, 1.54) is 36.5 Å². The summed E-state index contributed by atoms with van der Waals surface area (Å²) in [5.41, 5.74) is 0.639. The molecule has 0 aliphatic rings. The molecule has 2 rings (SSSR count). The SMILES string of the molecule is CS(=O)(=O)c1cccnc1Nc1ccc(C(=O)O)cc1Br. The lowest BCUT2D eigenvalue weighted by Gasteiger charge is -2.11. The highest BCUT2D eigenvalue weighted by molar-refractivity contribution is 9.10. The van der Waals surface area contributed by atoms with Crippen LogP contribution in [0, 0.1) is 0 Å². The molecular weight excluding hydrogens is 360 g/mol. The molecule has 1 aromatic heterocycles. The maximum absolute atomic E-state index is 11.7. The number of pyridine rings is 1. The molecule has 21 heavy (non-hydrogen) atoms. The molecule has 0 spiro atoms. The van der Waals surface area contributed by atoms with Gasteiger partial charge in [-0.05, 0) is 46.3 Å². The van der Waals surface area contributed by atoms with E-state index in [4.69, 9.17) is 5.11 Å². The zero-order valence-corrected chi connectivity index (χ0v) is 13.3. The van der Waals surface area contributed by atoms with Crippen molar-refractivity contribution in [3.8, 4) is 0 Å². The number of carboxylic acids is 1. The first-order valence-electron chi connectivity index (χ1n) is 5.74. The van der Waals surface area contributed by atoms with Gasteiger partial charge in [-0.1, -0.05) is 0 Å². The van der Waals surface area contributed by atoms with Crippen LogP contribution in [0.1, 0.15) is 10.4 Å². The summed E-state index contributed by atoms with van der Waals surface area (Å²) in [5.74, 6) is -0.860. The Hall–Kier alpha value is -1.93. The Morgan fingerprint density at radius 3 is 2.62 bits per heavy atom. The van der Waals surface area contributed by atoms with Gasteiger partial charge in [-0.3, -0.25) is 0 Å². The van der Waals surface area contributed by atoms with E-state index in [9.17, 15) is 13.2 Å². The predicted octanol–water partition coefficient (Wildman–Crippen LogP) is 2.69. The molecule has 0 unspecified atom stereocenters. The van der Waals surface area contributed by atoms with E-state index in [2.05, 4.69) is 26.2 Å². The molecule has 0 radical (unpaired) electrons. The monoisotopic (exact) mass is 370 g/mol. The van der Waals surface area contributed by atoms with Crippen LogP contribution in [-0.2, 0) is 9.84 Å². The minimum atomic E-state index is -3.42. The van der Waals surface area contributed by atoms with Gasteiger partial charge in [0.25, 0.3) is 0 Å². The molecule has 0 aliphatic heterocycles. The van der Waals surface area contributed by atoms with Crippen LogP contribution in [0.2, 0.25) is 0 Å². The van der Waals surface area contributed by atoms with Crippen LogP contribution in [0.3, 0.4) is 0 Å². The summed E-state index contributed by atoms with van der Waals surface area (Å²) < 4.78 is 23.9. The van der Waals surface area contributed by atoms with Gasteiger partial charge in [0.15, 0.2) is 9.84 Å². The van der Waals surface area contributed by atoms with Crippen molar-refractivity contribution >= 4 is 43.2 Å². The normalized spacial score (nSPS) is 11.1. The fourth-order valence-corrected chi connectivity index (χ4v) is 2.92. The van der Waals surface area contributed by atoms with Crippen LogP contribution in [0.4, 0.5) is 11.5 Å². The van der Waals surface area contributed by atoms with Gasteiger partial charge in [0.2, 0.25) is 0 Å². The van der Waals surface area contributed by atoms with Crippen molar-refractivity contribution in [1.82, 2.24) is 4.98 Å². The lowest BCUT2D eigenvalue weighted by Crippen LogP contribution is -2.05. The summed E-state index contributed by atoms with van der Waals surface area (Å²) in [4.78, 5) is 15.0. The topological polar surface area (TPSA) is 96.4 Å². The molecule has 2 N–H and O–H groups in total. The zero-order valence-electron chi connectivity index (χ0n) is 10.9. The van der Waals surface area contributed by atoms with Gasteiger partial charge >= 0.3 is 5.97 Å². The number of carboxylic acid groups (broad SMARTS) is 1. The zero-order chi connectivity index (χ0) is 15.6. The van der Waals surface area contributed by atoms with Gasteiger partial charge < -0.3 is 10.4 Å². The summed E-state index contributed by atoms with van der Waals surface area (Å²) in [5, 5.41) is 11.8. The number of carbonyl (C=O) groups is 1. The van der Waals surface area contributed by atoms with Gasteiger partial charge in [0.1, 0.15) is 10.7 Å². The lowest BCUT2D eigenvalue weighted by atomic mass is 10.2. The molecule has 0 bridgehead atoms. The second-order valence-electron chi connectivity index (χ2n) is 4.25. The minimum Gasteiger partial charge on any atom is -0.478 e. The second-order valence-corrected chi connectivity index (χ2v) is 7.09. The highest BCUT2D eigenvalue weighted by atomic mass is 79.9. The van der Waals surface area contributed by atoms with Gasteiger partial charge in [-0.25, -0.2) is 18.2 Å². The van der Waals surface area contributed by atoms with Crippen LogP contribution in [-0.4, -0.2) is 30.7 Å². The number of sulfone groups is 1. The van der Waals surface area contributed by atoms with Crippen LogP contribution in [0.5, 0.6) is 0 Å². The van der Waals surface area contributed by atoms with E-state index in [1.54, 1.807) is 0 Å². The van der Waals surface area contributed by atoms with Gasteiger partial charge in [0.05, 0.1) is 11.3 Å². The number of aromatic carboxylic acids is 1. The molecule has 8 heteroatoms. The van der Waals surface area contributed by atoms with Crippen molar-refractivity contribution in [2.45, 2.75) is 4.90 Å². The number of nitrogens with zero attached hydrogens (tertiary/aromatic N) is 1. The number of nitrogens with one attached hydrogen (secondary N) is 1. The van der Waals surface area contributed by atoms with Crippen molar-refractivity contribution in [3.05, 3.63) is 46.6 Å². The van der Waals surface area contributed by atoms with Crippen molar-refractivity contribution in [2.75, 3.05) is 11.6 Å². The van der Waals surface area contributed by atoms with Crippen molar-refractivity contribution in [3.63, 3.8) is 0 Å².